The molecule has 116 valence electrons. The summed E-state index contributed by atoms with van der Waals surface area (Å²) in [6, 6.07) is 16.2. The molecule has 0 unspecified atom stereocenters. The average molecular weight is 304 g/mol. The number of benzene rings is 2. The molecule has 0 heterocycles. The van der Waals surface area contributed by atoms with E-state index in [0.717, 1.165) is 23.1 Å². The molecule has 3 nitrogen and oxygen atoms in total. The molecule has 3 N–H and O–H groups in total. The summed E-state index contributed by atoms with van der Waals surface area (Å²) >= 11 is 0. The Morgan fingerprint density at radius 2 is 1.48 bits per heavy atom. The molecule has 0 aromatic heterocycles. The molecule has 0 bridgehead atoms. The SMILES string of the molecule is NCc1ccc(CNC(=O)Cc2ccc(CC3C#C3)cc2)cc1. The number of hydrogen-bond donors (Lipinski definition) is 2. The second kappa shape index (κ2) is 7.13. The van der Waals surface area contributed by atoms with Crippen LogP contribution in [-0.4, -0.2) is 5.91 Å². The first-order chi connectivity index (χ1) is 11.2. The zero-order chi connectivity index (χ0) is 16.1. The summed E-state index contributed by atoms with van der Waals surface area (Å²) in [7, 11) is 0. The lowest BCUT2D eigenvalue weighted by molar-refractivity contribution is -0.120. The van der Waals surface area contributed by atoms with Crippen LogP contribution in [0.1, 0.15) is 22.3 Å². The third kappa shape index (κ3) is 4.70. The van der Waals surface area contributed by atoms with Gasteiger partial charge in [-0.3, -0.25) is 4.79 Å². The third-order valence-corrected chi connectivity index (χ3v) is 3.92. The van der Waals surface area contributed by atoms with E-state index in [0.29, 0.717) is 25.4 Å². The van der Waals surface area contributed by atoms with Crippen LogP contribution >= 0.6 is 0 Å². The first-order valence-corrected chi connectivity index (χ1v) is 7.86. The summed E-state index contributed by atoms with van der Waals surface area (Å²) in [4.78, 5) is 12.0. The Bertz CT molecular complexity index is 728. The molecule has 23 heavy (non-hydrogen) atoms. The average Bonchev–Trinajstić information content (AvgIpc) is 3.39. The summed E-state index contributed by atoms with van der Waals surface area (Å²) in [6.45, 7) is 1.08. The fourth-order valence-electron chi connectivity index (χ4n) is 2.43. The standard InChI is InChI=1S/C20H20N2O/c21-13-18-7-9-19(10-8-18)14-22-20(23)12-17-5-3-16(4-6-17)11-15-1-2-15/h3-10,15H,11-14,21H2,(H,22,23). The maximum atomic E-state index is 12.0. The van der Waals surface area contributed by atoms with Crippen molar-refractivity contribution >= 4 is 5.91 Å². The van der Waals surface area contributed by atoms with Crippen molar-refractivity contribution in [2.24, 2.45) is 11.7 Å². The molecule has 0 saturated heterocycles. The zero-order valence-corrected chi connectivity index (χ0v) is 13.0. The van der Waals surface area contributed by atoms with Crippen molar-refractivity contribution in [3.63, 3.8) is 0 Å². The lowest BCUT2D eigenvalue weighted by Crippen LogP contribution is -2.24. The maximum Gasteiger partial charge on any atom is 0.224 e. The minimum Gasteiger partial charge on any atom is -0.352 e. The van der Waals surface area contributed by atoms with E-state index in [1.54, 1.807) is 0 Å². The maximum absolute atomic E-state index is 12.0. The number of rotatable bonds is 7. The Hall–Kier alpha value is -2.57. The van der Waals surface area contributed by atoms with Gasteiger partial charge < -0.3 is 11.1 Å². The van der Waals surface area contributed by atoms with Gasteiger partial charge in [0.25, 0.3) is 0 Å². The molecule has 0 fully saturated rings. The lowest BCUT2D eigenvalue weighted by atomic mass is 10.0. The van der Waals surface area contributed by atoms with Crippen molar-refractivity contribution in [1.82, 2.24) is 5.32 Å². The van der Waals surface area contributed by atoms with E-state index < -0.39 is 0 Å². The molecule has 2 aromatic rings. The first-order valence-electron chi connectivity index (χ1n) is 7.86. The Kier molecular flexibility index (Phi) is 4.75. The van der Waals surface area contributed by atoms with E-state index >= 15 is 0 Å². The van der Waals surface area contributed by atoms with Crippen LogP contribution in [0.3, 0.4) is 0 Å². The van der Waals surface area contributed by atoms with Gasteiger partial charge in [-0.15, -0.1) is 0 Å². The van der Waals surface area contributed by atoms with Gasteiger partial charge in [0, 0.05) is 13.1 Å². The van der Waals surface area contributed by atoms with Crippen LogP contribution < -0.4 is 11.1 Å². The smallest absolute Gasteiger partial charge is 0.224 e. The molecule has 3 rings (SSSR count). The monoisotopic (exact) mass is 304 g/mol. The molecule has 0 aliphatic heterocycles. The number of hydrogen-bond acceptors (Lipinski definition) is 2. The molecule has 1 amide bonds. The van der Waals surface area contributed by atoms with Crippen LogP contribution in [0.2, 0.25) is 0 Å². The van der Waals surface area contributed by atoms with Gasteiger partial charge in [0.05, 0.1) is 12.3 Å². The van der Waals surface area contributed by atoms with Gasteiger partial charge in [0.2, 0.25) is 5.91 Å². The number of carbonyl (C=O) groups is 1. The molecule has 0 saturated carbocycles. The quantitative estimate of drug-likeness (QED) is 0.770. The normalized spacial score (nSPS) is 12.4. The molecule has 2 aromatic carbocycles. The summed E-state index contributed by atoms with van der Waals surface area (Å²) in [5, 5.41) is 2.95. The van der Waals surface area contributed by atoms with Gasteiger partial charge in [-0.1, -0.05) is 60.4 Å². The van der Waals surface area contributed by atoms with Crippen molar-refractivity contribution in [1.29, 1.82) is 0 Å². The fourth-order valence-corrected chi connectivity index (χ4v) is 2.43. The highest BCUT2D eigenvalue weighted by atomic mass is 16.1. The van der Waals surface area contributed by atoms with Gasteiger partial charge in [-0.05, 0) is 28.7 Å². The van der Waals surface area contributed by atoms with Gasteiger partial charge >= 0.3 is 0 Å². The highest BCUT2D eigenvalue weighted by Crippen LogP contribution is 2.15. The van der Waals surface area contributed by atoms with Crippen molar-refractivity contribution in [2.75, 3.05) is 0 Å². The molecule has 3 heteroatoms. The van der Waals surface area contributed by atoms with E-state index in [2.05, 4.69) is 29.3 Å². The van der Waals surface area contributed by atoms with Crippen LogP contribution in [0.5, 0.6) is 0 Å². The lowest BCUT2D eigenvalue weighted by Gasteiger charge is -2.07. The second-order valence-electron chi connectivity index (χ2n) is 5.84. The van der Waals surface area contributed by atoms with Gasteiger partial charge in [-0.2, -0.15) is 0 Å². The summed E-state index contributed by atoms with van der Waals surface area (Å²) < 4.78 is 0. The Morgan fingerprint density at radius 3 is 2.09 bits per heavy atom. The largest absolute Gasteiger partial charge is 0.352 e. The van der Waals surface area contributed by atoms with Gasteiger partial charge in [-0.25, -0.2) is 0 Å². The topological polar surface area (TPSA) is 55.1 Å². The number of nitrogens with two attached hydrogens (primary N) is 1. The summed E-state index contributed by atoms with van der Waals surface area (Å²) in [5.41, 5.74) is 10.0. The molecule has 0 radical (unpaired) electrons. The highest BCUT2D eigenvalue weighted by Gasteiger charge is 2.11. The van der Waals surface area contributed by atoms with Gasteiger partial charge in [0.1, 0.15) is 0 Å². The Balaban J connectivity index is 1.46. The number of carbonyl (C=O) groups excluding carboxylic acids is 1. The minimum atomic E-state index is 0.0335. The second-order valence-corrected chi connectivity index (χ2v) is 5.84. The molecular formula is C20H20N2O. The third-order valence-electron chi connectivity index (χ3n) is 3.92. The summed E-state index contributed by atoms with van der Waals surface area (Å²) in [6.07, 6.45) is 1.37. The highest BCUT2D eigenvalue weighted by molar-refractivity contribution is 5.78. The molecular weight excluding hydrogens is 284 g/mol. The van der Waals surface area contributed by atoms with E-state index in [1.165, 1.54) is 5.56 Å². The molecule has 0 spiro atoms. The Morgan fingerprint density at radius 1 is 0.913 bits per heavy atom. The van der Waals surface area contributed by atoms with Crippen LogP contribution in [-0.2, 0) is 30.7 Å². The zero-order valence-electron chi connectivity index (χ0n) is 13.0. The predicted molar refractivity (Wildman–Crippen MR) is 91.3 cm³/mol. The minimum absolute atomic E-state index is 0.0335. The van der Waals surface area contributed by atoms with E-state index in [-0.39, 0.29) is 5.91 Å². The van der Waals surface area contributed by atoms with E-state index in [4.69, 9.17) is 5.73 Å². The van der Waals surface area contributed by atoms with Crippen LogP contribution in [0.15, 0.2) is 48.5 Å². The van der Waals surface area contributed by atoms with Crippen LogP contribution in [0, 0.1) is 17.8 Å². The van der Waals surface area contributed by atoms with Crippen LogP contribution in [0.4, 0.5) is 0 Å². The van der Waals surface area contributed by atoms with E-state index in [1.807, 2.05) is 36.4 Å². The van der Waals surface area contributed by atoms with Crippen molar-refractivity contribution < 1.29 is 4.79 Å². The number of amides is 1. The van der Waals surface area contributed by atoms with Crippen LogP contribution in [0.25, 0.3) is 0 Å². The summed E-state index contributed by atoms with van der Waals surface area (Å²) in [5.74, 6) is 6.53. The Labute approximate surface area is 136 Å². The van der Waals surface area contributed by atoms with Gasteiger partial charge in [0.15, 0.2) is 0 Å². The van der Waals surface area contributed by atoms with Crippen molar-refractivity contribution in [2.45, 2.75) is 25.9 Å². The molecule has 1 aliphatic rings. The fraction of sp³-hybridized carbons (Fsp3) is 0.250. The van der Waals surface area contributed by atoms with E-state index in [9.17, 15) is 4.79 Å². The first kappa shape index (κ1) is 15.3. The molecule has 0 atom stereocenters. The number of nitrogens with one attached hydrogen (secondary N) is 1. The molecule has 1 aliphatic carbocycles. The van der Waals surface area contributed by atoms with Crippen molar-refractivity contribution in [3.05, 3.63) is 70.8 Å². The predicted octanol–water partition coefficient (Wildman–Crippen LogP) is 2.18. The van der Waals surface area contributed by atoms with Crippen molar-refractivity contribution in [3.8, 4) is 11.8 Å².